The average molecular weight is 188 g/mol. The van der Waals surface area contributed by atoms with Crippen molar-refractivity contribution in [2.75, 3.05) is 5.73 Å². The molecule has 0 amide bonds. The summed E-state index contributed by atoms with van der Waals surface area (Å²) in [6.45, 7) is 0. The second-order valence-electron chi connectivity index (χ2n) is 2.90. The number of benzene rings is 1. The smallest absolute Gasteiger partial charge is 0.337 e. The summed E-state index contributed by atoms with van der Waals surface area (Å²) in [6, 6.07) is 6.59. The largest absolute Gasteiger partial charge is 0.478 e. The zero-order chi connectivity index (χ0) is 10.1. The highest BCUT2D eigenvalue weighted by Gasteiger charge is 2.10. The highest BCUT2D eigenvalue weighted by Crippen LogP contribution is 2.22. The number of carboxylic acids is 1. The Balaban J connectivity index is 2.81. The molecule has 4 nitrogen and oxygen atoms in total. The number of hydrogen-bond acceptors (Lipinski definition) is 3. The molecule has 70 valence electrons. The Kier molecular flexibility index (Phi) is 1.81. The van der Waals surface area contributed by atoms with Gasteiger partial charge in [0.2, 0.25) is 0 Å². The third kappa shape index (κ3) is 1.17. The summed E-state index contributed by atoms with van der Waals surface area (Å²) in [5, 5.41) is 9.50. The maximum atomic E-state index is 10.8. The van der Waals surface area contributed by atoms with E-state index in [-0.39, 0.29) is 11.3 Å². The quantitative estimate of drug-likeness (QED) is 0.665. The maximum Gasteiger partial charge on any atom is 0.337 e. The van der Waals surface area contributed by atoms with Gasteiger partial charge in [-0.05, 0) is 24.3 Å². The molecule has 1 heterocycles. The van der Waals surface area contributed by atoms with Gasteiger partial charge in [0.1, 0.15) is 0 Å². The number of fused-ring (bicyclic) bond motifs is 1. The Labute approximate surface area is 80.0 Å². The van der Waals surface area contributed by atoms with Crippen molar-refractivity contribution in [1.82, 2.24) is 4.98 Å². The van der Waals surface area contributed by atoms with Crippen LogP contribution in [0.3, 0.4) is 0 Å². The van der Waals surface area contributed by atoms with E-state index in [9.17, 15) is 4.79 Å². The molecule has 14 heavy (non-hydrogen) atoms. The van der Waals surface area contributed by atoms with Crippen molar-refractivity contribution in [2.45, 2.75) is 0 Å². The number of anilines is 1. The molecule has 0 spiro atoms. The predicted molar refractivity (Wildman–Crippen MR) is 53.1 cm³/mol. The van der Waals surface area contributed by atoms with Gasteiger partial charge in [0, 0.05) is 11.6 Å². The minimum atomic E-state index is -1.02. The van der Waals surface area contributed by atoms with Crippen LogP contribution in [0.15, 0.2) is 30.5 Å². The average Bonchev–Trinajstić information content (AvgIpc) is 2.18. The number of rotatable bonds is 1. The van der Waals surface area contributed by atoms with Gasteiger partial charge in [-0.15, -0.1) is 0 Å². The van der Waals surface area contributed by atoms with Crippen LogP contribution < -0.4 is 5.73 Å². The first-order valence-corrected chi connectivity index (χ1v) is 4.06. The van der Waals surface area contributed by atoms with E-state index < -0.39 is 5.97 Å². The second kappa shape index (κ2) is 2.99. The van der Waals surface area contributed by atoms with Crippen LogP contribution in [0.1, 0.15) is 10.4 Å². The Hall–Kier alpha value is -2.10. The van der Waals surface area contributed by atoms with E-state index in [1.54, 1.807) is 24.4 Å². The molecule has 2 rings (SSSR count). The van der Waals surface area contributed by atoms with Gasteiger partial charge < -0.3 is 10.8 Å². The third-order valence-electron chi connectivity index (χ3n) is 2.06. The molecule has 0 radical (unpaired) electrons. The number of carbonyl (C=O) groups is 1. The molecule has 0 saturated heterocycles. The molecule has 0 aliphatic rings. The van der Waals surface area contributed by atoms with E-state index in [4.69, 9.17) is 10.8 Å². The fraction of sp³-hybridized carbons (Fsp3) is 0. The molecular formula is C10H8N2O2. The molecule has 4 heteroatoms. The molecule has 1 aromatic carbocycles. The van der Waals surface area contributed by atoms with Crippen LogP contribution >= 0.6 is 0 Å². The van der Waals surface area contributed by atoms with Gasteiger partial charge in [0.15, 0.2) is 0 Å². The Morgan fingerprint density at radius 2 is 2.14 bits per heavy atom. The summed E-state index contributed by atoms with van der Waals surface area (Å²) in [5.41, 5.74) is 6.79. The maximum absolute atomic E-state index is 10.8. The molecule has 0 saturated carbocycles. The zero-order valence-corrected chi connectivity index (χ0v) is 7.27. The first-order chi connectivity index (χ1) is 6.70. The number of aromatic carboxylic acids is 1. The van der Waals surface area contributed by atoms with E-state index in [2.05, 4.69) is 4.98 Å². The number of nitrogens with zero attached hydrogens (tertiary/aromatic N) is 1. The van der Waals surface area contributed by atoms with Crippen LogP contribution in [0, 0.1) is 0 Å². The van der Waals surface area contributed by atoms with Gasteiger partial charge in [-0.2, -0.15) is 0 Å². The van der Waals surface area contributed by atoms with Crippen LogP contribution in [0.4, 0.5) is 5.69 Å². The fourth-order valence-electron chi connectivity index (χ4n) is 1.36. The summed E-state index contributed by atoms with van der Waals surface area (Å²) < 4.78 is 0. The van der Waals surface area contributed by atoms with Gasteiger partial charge in [-0.1, -0.05) is 0 Å². The zero-order valence-electron chi connectivity index (χ0n) is 7.27. The van der Waals surface area contributed by atoms with Gasteiger partial charge in [0.05, 0.1) is 16.8 Å². The molecular weight excluding hydrogens is 180 g/mol. The van der Waals surface area contributed by atoms with Crippen molar-refractivity contribution in [3.8, 4) is 0 Å². The summed E-state index contributed by atoms with van der Waals surface area (Å²) in [6.07, 6.45) is 1.64. The van der Waals surface area contributed by atoms with Crippen LogP contribution in [0.2, 0.25) is 0 Å². The van der Waals surface area contributed by atoms with Gasteiger partial charge in [-0.3, -0.25) is 4.98 Å². The molecule has 0 unspecified atom stereocenters. The van der Waals surface area contributed by atoms with Crippen molar-refractivity contribution in [3.05, 3.63) is 36.0 Å². The molecule has 0 bridgehead atoms. The summed E-state index contributed by atoms with van der Waals surface area (Å²) in [7, 11) is 0. The van der Waals surface area contributed by atoms with Crippen molar-refractivity contribution < 1.29 is 9.90 Å². The first kappa shape index (κ1) is 8.50. The summed E-state index contributed by atoms with van der Waals surface area (Å²) in [5.74, 6) is -1.02. The molecule has 3 N–H and O–H groups in total. The SMILES string of the molecule is Nc1c(C(=O)O)ccc2ncccc12. The summed E-state index contributed by atoms with van der Waals surface area (Å²) in [4.78, 5) is 14.8. The molecule has 0 aliphatic heterocycles. The lowest BCUT2D eigenvalue weighted by molar-refractivity contribution is 0.0698. The van der Waals surface area contributed by atoms with Gasteiger partial charge >= 0.3 is 5.97 Å². The number of nitrogen functional groups attached to an aromatic ring is 1. The highest BCUT2D eigenvalue weighted by atomic mass is 16.4. The predicted octanol–water partition coefficient (Wildman–Crippen LogP) is 1.52. The lowest BCUT2D eigenvalue weighted by Crippen LogP contribution is -2.02. The van der Waals surface area contributed by atoms with Gasteiger partial charge in [-0.25, -0.2) is 4.79 Å². The van der Waals surface area contributed by atoms with E-state index in [1.165, 1.54) is 6.07 Å². The van der Waals surface area contributed by atoms with Crippen molar-refractivity contribution in [2.24, 2.45) is 0 Å². The first-order valence-electron chi connectivity index (χ1n) is 4.06. The number of nitrogens with two attached hydrogens (primary N) is 1. The molecule has 0 fully saturated rings. The standard InChI is InChI=1S/C10H8N2O2/c11-9-6-2-1-5-12-8(6)4-3-7(9)10(13)14/h1-5H,11H2,(H,13,14). The van der Waals surface area contributed by atoms with E-state index >= 15 is 0 Å². The lowest BCUT2D eigenvalue weighted by atomic mass is 10.1. The van der Waals surface area contributed by atoms with Crippen molar-refractivity contribution in [3.63, 3.8) is 0 Å². The topological polar surface area (TPSA) is 76.2 Å². The fourth-order valence-corrected chi connectivity index (χ4v) is 1.36. The molecule has 2 aromatic rings. The van der Waals surface area contributed by atoms with Crippen LogP contribution in [-0.4, -0.2) is 16.1 Å². The molecule has 0 atom stereocenters. The second-order valence-corrected chi connectivity index (χ2v) is 2.90. The highest BCUT2D eigenvalue weighted by molar-refractivity contribution is 6.03. The van der Waals surface area contributed by atoms with Crippen LogP contribution in [0.25, 0.3) is 10.9 Å². The van der Waals surface area contributed by atoms with Crippen LogP contribution in [0.5, 0.6) is 0 Å². The van der Waals surface area contributed by atoms with Crippen molar-refractivity contribution >= 4 is 22.6 Å². The minimum absolute atomic E-state index is 0.116. The number of aromatic nitrogens is 1. The van der Waals surface area contributed by atoms with Crippen LogP contribution in [-0.2, 0) is 0 Å². The molecule has 1 aromatic heterocycles. The van der Waals surface area contributed by atoms with E-state index in [0.717, 1.165) is 0 Å². The number of pyridine rings is 1. The van der Waals surface area contributed by atoms with Gasteiger partial charge in [0.25, 0.3) is 0 Å². The number of hydrogen-bond donors (Lipinski definition) is 2. The van der Waals surface area contributed by atoms with Crippen molar-refractivity contribution in [1.29, 1.82) is 0 Å². The Bertz CT molecular complexity index is 508. The lowest BCUT2D eigenvalue weighted by Gasteiger charge is -2.03. The Morgan fingerprint density at radius 1 is 1.36 bits per heavy atom. The molecule has 0 aliphatic carbocycles. The normalized spacial score (nSPS) is 10.3. The summed E-state index contributed by atoms with van der Waals surface area (Å²) >= 11 is 0. The Morgan fingerprint density at radius 3 is 2.86 bits per heavy atom. The van der Waals surface area contributed by atoms with E-state index in [1.807, 2.05) is 0 Å². The monoisotopic (exact) mass is 188 g/mol. The van der Waals surface area contributed by atoms with E-state index in [0.29, 0.717) is 10.9 Å². The number of carboxylic acid groups (broad SMARTS) is 1. The minimum Gasteiger partial charge on any atom is -0.478 e. The third-order valence-corrected chi connectivity index (χ3v) is 2.06.